The third kappa shape index (κ3) is 6.07. The molecule has 10 heteroatoms. The van der Waals surface area contributed by atoms with Crippen molar-refractivity contribution in [2.75, 3.05) is 26.0 Å². The van der Waals surface area contributed by atoms with E-state index in [0.717, 1.165) is 0 Å². The van der Waals surface area contributed by atoms with E-state index in [-0.39, 0.29) is 34.6 Å². The van der Waals surface area contributed by atoms with Gasteiger partial charge in [0, 0.05) is 26.2 Å². The van der Waals surface area contributed by atoms with Crippen LogP contribution in [0.25, 0.3) is 0 Å². The van der Waals surface area contributed by atoms with E-state index in [4.69, 9.17) is 17.3 Å². The fraction of sp³-hybridized carbons (Fsp3) is 0.500. The van der Waals surface area contributed by atoms with E-state index < -0.39 is 16.9 Å². The fourth-order valence-corrected chi connectivity index (χ4v) is 2.58. The molecule has 0 fully saturated rings. The van der Waals surface area contributed by atoms with Gasteiger partial charge in [0.15, 0.2) is 0 Å². The number of benzene rings is 1. The predicted octanol–water partition coefficient (Wildman–Crippen LogP) is 3.02. The van der Waals surface area contributed by atoms with Gasteiger partial charge in [0.05, 0.1) is 22.1 Å². The normalized spacial score (nSPS) is 11.5. The van der Waals surface area contributed by atoms with Crippen LogP contribution in [0.15, 0.2) is 12.1 Å². The second-order valence-corrected chi connectivity index (χ2v) is 6.39. The number of amides is 2. The molecular weight excluding hydrogens is 364 g/mol. The van der Waals surface area contributed by atoms with Crippen LogP contribution in [0.4, 0.5) is 16.2 Å². The molecule has 9 nitrogen and oxygen atoms in total. The van der Waals surface area contributed by atoms with Gasteiger partial charge >= 0.3 is 6.09 Å². The Balaban J connectivity index is 2.95. The summed E-state index contributed by atoms with van der Waals surface area (Å²) < 4.78 is 4.65. The molecule has 1 atom stereocenters. The van der Waals surface area contributed by atoms with Gasteiger partial charge in [0.25, 0.3) is 11.6 Å². The lowest BCUT2D eigenvalue weighted by atomic mass is 10.1. The number of carbonyl (C=O) groups excluding carboxylic acids is 2. The van der Waals surface area contributed by atoms with Crippen LogP contribution >= 0.6 is 11.6 Å². The summed E-state index contributed by atoms with van der Waals surface area (Å²) in [6.45, 7) is 2.05. The van der Waals surface area contributed by atoms with Crippen molar-refractivity contribution < 1.29 is 19.2 Å². The molecule has 0 radical (unpaired) electrons. The summed E-state index contributed by atoms with van der Waals surface area (Å²) in [5.74, 6) is -0.428. The van der Waals surface area contributed by atoms with Crippen molar-refractivity contribution in [1.29, 1.82) is 0 Å². The van der Waals surface area contributed by atoms with Crippen molar-refractivity contribution in [3.05, 3.63) is 32.8 Å². The minimum atomic E-state index is -0.822. The van der Waals surface area contributed by atoms with Crippen molar-refractivity contribution in [3.8, 4) is 0 Å². The molecule has 1 aromatic carbocycles. The van der Waals surface area contributed by atoms with Crippen LogP contribution in [0.5, 0.6) is 0 Å². The van der Waals surface area contributed by atoms with Gasteiger partial charge in [-0.25, -0.2) is 4.79 Å². The van der Waals surface area contributed by atoms with Gasteiger partial charge in [0.2, 0.25) is 0 Å². The van der Waals surface area contributed by atoms with E-state index in [0.29, 0.717) is 19.3 Å². The Kier molecular flexibility index (Phi) is 8.11. The minimum Gasteiger partial charge on any atom is -0.450 e. The highest BCUT2D eigenvalue weighted by Gasteiger charge is 2.26. The summed E-state index contributed by atoms with van der Waals surface area (Å²) >= 11 is 6.13. The number of nitrogens with one attached hydrogen (secondary N) is 1. The monoisotopic (exact) mass is 386 g/mol. The molecule has 2 amide bonds. The first kappa shape index (κ1) is 21.5. The number of hydrogen-bond acceptors (Lipinski definition) is 6. The number of nitro benzene ring substituents is 1. The number of anilines is 1. The molecule has 0 aliphatic rings. The number of unbranched alkanes of at least 4 members (excludes halogenated alkanes) is 1. The first-order chi connectivity index (χ1) is 12.1. The molecule has 0 aliphatic carbocycles. The van der Waals surface area contributed by atoms with Gasteiger partial charge in [-0.05, 0) is 32.3 Å². The number of ether oxygens (including phenoxy) is 1. The molecular formula is C16H23ClN4O5. The molecule has 0 saturated carbocycles. The topological polar surface area (TPSA) is 128 Å². The molecule has 144 valence electrons. The number of halogens is 1. The van der Waals surface area contributed by atoms with Crippen LogP contribution in [0, 0.1) is 10.1 Å². The van der Waals surface area contributed by atoms with Crippen LogP contribution in [0.2, 0.25) is 5.02 Å². The maximum Gasteiger partial charge on any atom is 0.404 e. The van der Waals surface area contributed by atoms with Crippen LogP contribution in [0.1, 0.15) is 36.5 Å². The largest absolute Gasteiger partial charge is 0.450 e. The molecule has 0 bridgehead atoms. The average Bonchev–Trinajstić information content (AvgIpc) is 2.53. The molecule has 0 aromatic heterocycles. The van der Waals surface area contributed by atoms with E-state index in [1.807, 2.05) is 6.92 Å². The lowest BCUT2D eigenvalue weighted by Crippen LogP contribution is -2.25. The zero-order valence-electron chi connectivity index (χ0n) is 15.0. The van der Waals surface area contributed by atoms with Crippen LogP contribution in [-0.2, 0) is 4.74 Å². The first-order valence-corrected chi connectivity index (χ1v) is 8.40. The number of nitrogens with two attached hydrogens (primary N) is 1. The summed E-state index contributed by atoms with van der Waals surface area (Å²) in [6, 6.07) is 2.44. The molecule has 0 saturated heterocycles. The summed E-state index contributed by atoms with van der Waals surface area (Å²) in [4.78, 5) is 35.0. The van der Waals surface area contributed by atoms with E-state index in [2.05, 4.69) is 10.1 Å². The minimum absolute atomic E-state index is 0.0646. The van der Waals surface area contributed by atoms with E-state index >= 15 is 0 Å². The van der Waals surface area contributed by atoms with Crippen LogP contribution < -0.4 is 11.1 Å². The first-order valence-electron chi connectivity index (χ1n) is 8.02. The van der Waals surface area contributed by atoms with Crippen LogP contribution in [0.3, 0.4) is 0 Å². The van der Waals surface area contributed by atoms with Crippen molar-refractivity contribution in [2.45, 2.75) is 32.2 Å². The summed E-state index contributed by atoms with van der Waals surface area (Å²) in [7, 11) is 3.09. The third-order valence-corrected chi connectivity index (χ3v) is 3.93. The Hall–Kier alpha value is -2.55. The van der Waals surface area contributed by atoms with Crippen LogP contribution in [-0.4, -0.2) is 48.6 Å². The van der Waals surface area contributed by atoms with Crippen molar-refractivity contribution >= 4 is 35.0 Å². The number of nitrogens with zero attached hydrogens (tertiary/aromatic N) is 2. The Morgan fingerprint density at radius 3 is 2.58 bits per heavy atom. The van der Waals surface area contributed by atoms with Gasteiger partial charge < -0.3 is 20.7 Å². The highest BCUT2D eigenvalue weighted by atomic mass is 35.5. The summed E-state index contributed by atoms with van der Waals surface area (Å²) in [6.07, 6.45) is 1.13. The highest BCUT2D eigenvalue weighted by molar-refractivity contribution is 6.35. The molecule has 1 aromatic rings. The number of carbonyl (C=O) groups is 2. The van der Waals surface area contributed by atoms with Gasteiger partial charge in [-0.15, -0.1) is 0 Å². The van der Waals surface area contributed by atoms with Crippen molar-refractivity contribution in [3.63, 3.8) is 0 Å². The standard InChI is InChI=1S/C16H23ClN4O5/c1-10(6-4-5-9-26-16(18)23)19-14-12(21(24)25)8-7-11(17)13(14)15(22)20(2)3/h7-8,10,19H,4-6,9H2,1-3H3,(H2,18,23)/t10-/m1/s1. The number of hydrogen-bond donors (Lipinski definition) is 2. The lowest BCUT2D eigenvalue weighted by molar-refractivity contribution is -0.384. The molecule has 0 spiro atoms. The Labute approximate surface area is 156 Å². The zero-order chi connectivity index (χ0) is 19.9. The fourth-order valence-electron chi connectivity index (χ4n) is 2.34. The maximum atomic E-state index is 12.4. The van der Waals surface area contributed by atoms with Gasteiger partial charge in [-0.1, -0.05) is 11.6 Å². The number of rotatable bonds is 9. The van der Waals surface area contributed by atoms with Crippen molar-refractivity contribution in [2.24, 2.45) is 5.73 Å². The Morgan fingerprint density at radius 1 is 1.38 bits per heavy atom. The highest BCUT2D eigenvalue weighted by Crippen LogP contribution is 2.35. The number of nitro groups is 1. The Morgan fingerprint density at radius 2 is 2.04 bits per heavy atom. The second kappa shape index (κ2) is 9.81. The van der Waals surface area contributed by atoms with Gasteiger partial charge in [-0.3, -0.25) is 14.9 Å². The summed E-state index contributed by atoms with van der Waals surface area (Å²) in [5, 5.41) is 14.5. The average molecular weight is 387 g/mol. The predicted molar refractivity (Wildman–Crippen MR) is 98.6 cm³/mol. The number of primary amides is 1. The summed E-state index contributed by atoms with van der Waals surface area (Å²) in [5.41, 5.74) is 4.82. The quantitative estimate of drug-likeness (QED) is 0.381. The maximum absolute atomic E-state index is 12.4. The molecule has 0 unspecified atom stereocenters. The van der Waals surface area contributed by atoms with Crippen molar-refractivity contribution in [1.82, 2.24) is 4.90 Å². The Bertz CT molecular complexity index is 681. The molecule has 3 N–H and O–H groups in total. The second-order valence-electron chi connectivity index (χ2n) is 5.98. The van der Waals surface area contributed by atoms with Gasteiger partial charge in [-0.2, -0.15) is 0 Å². The zero-order valence-corrected chi connectivity index (χ0v) is 15.7. The molecule has 0 aliphatic heterocycles. The van der Waals surface area contributed by atoms with Gasteiger partial charge in [0.1, 0.15) is 5.69 Å². The van der Waals surface area contributed by atoms with E-state index in [9.17, 15) is 19.7 Å². The molecule has 26 heavy (non-hydrogen) atoms. The lowest BCUT2D eigenvalue weighted by Gasteiger charge is -2.20. The SMILES string of the molecule is C[C@H](CCCCOC(N)=O)Nc1c([N+](=O)[O-])ccc(Cl)c1C(=O)N(C)C. The third-order valence-electron chi connectivity index (χ3n) is 3.62. The smallest absolute Gasteiger partial charge is 0.404 e. The van der Waals surface area contributed by atoms with E-state index in [1.54, 1.807) is 14.1 Å². The van der Waals surface area contributed by atoms with E-state index in [1.165, 1.54) is 17.0 Å². The molecule has 1 rings (SSSR count). The molecule has 0 heterocycles.